The lowest BCUT2D eigenvalue weighted by Gasteiger charge is -2.06. The molecule has 0 amide bonds. The van der Waals surface area contributed by atoms with E-state index in [0.29, 0.717) is 0 Å². The number of benzene rings is 1. The van der Waals surface area contributed by atoms with Crippen LogP contribution in [-0.4, -0.2) is 32.4 Å². The average Bonchev–Trinajstić information content (AvgIpc) is 2.36. The first-order valence-corrected chi connectivity index (χ1v) is 6.91. The second-order valence-corrected chi connectivity index (χ2v) is 5.02. The van der Waals surface area contributed by atoms with Gasteiger partial charge in [0.05, 0.1) is 11.3 Å². The Kier molecular flexibility index (Phi) is 5.55. The summed E-state index contributed by atoms with van der Waals surface area (Å²) in [4.78, 5) is 21.5. The SMILES string of the molecule is NCCNS(=O)(=O)OC(=O)Cc1ccccc1[N+](=O)[O-]. The Hall–Kier alpha value is -2.04. The molecule has 20 heavy (non-hydrogen) atoms. The molecule has 110 valence electrons. The first-order chi connectivity index (χ1) is 9.35. The van der Waals surface area contributed by atoms with Crippen LogP contribution in [0.4, 0.5) is 5.69 Å². The Balaban J connectivity index is 2.75. The van der Waals surface area contributed by atoms with Crippen LogP contribution in [-0.2, 0) is 25.7 Å². The van der Waals surface area contributed by atoms with E-state index in [4.69, 9.17) is 5.73 Å². The van der Waals surface area contributed by atoms with Gasteiger partial charge in [0.15, 0.2) is 0 Å². The third-order valence-corrected chi connectivity index (χ3v) is 3.11. The summed E-state index contributed by atoms with van der Waals surface area (Å²) in [5.74, 6) is -1.12. The van der Waals surface area contributed by atoms with E-state index in [-0.39, 0.29) is 24.3 Å². The molecular formula is C10H13N3O6S. The van der Waals surface area contributed by atoms with Gasteiger partial charge in [-0.15, -0.1) is 0 Å². The molecule has 0 aliphatic rings. The summed E-state index contributed by atoms with van der Waals surface area (Å²) < 4.78 is 28.7. The van der Waals surface area contributed by atoms with E-state index >= 15 is 0 Å². The van der Waals surface area contributed by atoms with Gasteiger partial charge in [-0.05, 0) is 0 Å². The summed E-state index contributed by atoms with van der Waals surface area (Å²) in [5, 5.41) is 10.7. The monoisotopic (exact) mass is 303 g/mol. The maximum absolute atomic E-state index is 11.5. The predicted molar refractivity (Wildman–Crippen MR) is 68.9 cm³/mol. The van der Waals surface area contributed by atoms with Crippen LogP contribution in [0.2, 0.25) is 0 Å². The highest BCUT2D eigenvalue weighted by molar-refractivity contribution is 7.85. The van der Waals surface area contributed by atoms with Crippen molar-refractivity contribution in [2.75, 3.05) is 13.1 Å². The van der Waals surface area contributed by atoms with Crippen LogP contribution in [0.1, 0.15) is 5.56 Å². The molecule has 0 unspecified atom stereocenters. The quantitative estimate of drug-likeness (QED) is 0.509. The fourth-order valence-corrected chi connectivity index (χ4v) is 2.09. The van der Waals surface area contributed by atoms with Crippen molar-refractivity contribution in [2.45, 2.75) is 6.42 Å². The van der Waals surface area contributed by atoms with Crippen LogP contribution in [0.15, 0.2) is 24.3 Å². The summed E-state index contributed by atoms with van der Waals surface area (Å²) in [6.07, 6.45) is -0.527. The molecule has 9 nitrogen and oxygen atoms in total. The van der Waals surface area contributed by atoms with E-state index in [9.17, 15) is 23.3 Å². The highest BCUT2D eigenvalue weighted by atomic mass is 32.2. The molecule has 0 fully saturated rings. The molecule has 0 radical (unpaired) electrons. The van der Waals surface area contributed by atoms with E-state index in [1.54, 1.807) is 0 Å². The van der Waals surface area contributed by atoms with Gasteiger partial charge in [-0.1, -0.05) is 18.2 Å². The second-order valence-electron chi connectivity index (χ2n) is 3.66. The van der Waals surface area contributed by atoms with Crippen LogP contribution in [0.3, 0.4) is 0 Å². The third kappa shape index (κ3) is 4.91. The molecule has 0 atom stereocenters. The Morgan fingerprint density at radius 3 is 2.65 bits per heavy atom. The number of nitrogens with one attached hydrogen (secondary N) is 1. The standard InChI is InChI=1S/C10H13N3O6S/c11-5-6-12-20(17,18)19-10(14)7-8-3-1-2-4-9(8)13(15)16/h1-4,12H,5-7,11H2. The van der Waals surface area contributed by atoms with Crippen molar-refractivity contribution in [3.05, 3.63) is 39.9 Å². The number of nitro benzene ring substituents is 1. The third-order valence-electron chi connectivity index (χ3n) is 2.15. The molecule has 0 aliphatic heterocycles. The van der Waals surface area contributed by atoms with Crippen molar-refractivity contribution in [1.29, 1.82) is 0 Å². The zero-order valence-electron chi connectivity index (χ0n) is 10.3. The number of carbonyl (C=O) groups excluding carboxylic acids is 1. The van der Waals surface area contributed by atoms with Gasteiger partial charge in [-0.3, -0.25) is 14.9 Å². The van der Waals surface area contributed by atoms with Crippen molar-refractivity contribution in [3.63, 3.8) is 0 Å². The van der Waals surface area contributed by atoms with Crippen LogP contribution in [0.25, 0.3) is 0 Å². The molecule has 1 rings (SSSR count). The highest BCUT2D eigenvalue weighted by Crippen LogP contribution is 2.18. The van der Waals surface area contributed by atoms with Gasteiger partial charge in [0.2, 0.25) is 0 Å². The van der Waals surface area contributed by atoms with Crippen molar-refractivity contribution in [3.8, 4) is 0 Å². The summed E-state index contributed by atoms with van der Waals surface area (Å²) in [7, 11) is -4.25. The molecule has 0 saturated carbocycles. The number of carbonyl (C=O) groups is 1. The van der Waals surface area contributed by atoms with Crippen LogP contribution in [0, 0.1) is 10.1 Å². The number of rotatable bonds is 7. The van der Waals surface area contributed by atoms with Crippen molar-refractivity contribution in [1.82, 2.24) is 4.72 Å². The summed E-state index contributed by atoms with van der Waals surface area (Å²) in [6, 6.07) is 5.49. The van der Waals surface area contributed by atoms with E-state index in [0.717, 1.165) is 0 Å². The van der Waals surface area contributed by atoms with Crippen molar-refractivity contribution >= 4 is 22.0 Å². The number of hydrogen-bond donors (Lipinski definition) is 2. The van der Waals surface area contributed by atoms with Crippen LogP contribution < -0.4 is 10.5 Å². The predicted octanol–water partition coefficient (Wildman–Crippen LogP) is -0.526. The van der Waals surface area contributed by atoms with Gasteiger partial charge < -0.3 is 9.92 Å². The van der Waals surface area contributed by atoms with Crippen LogP contribution >= 0.6 is 0 Å². The lowest BCUT2D eigenvalue weighted by molar-refractivity contribution is -0.385. The Morgan fingerprint density at radius 2 is 2.05 bits per heavy atom. The molecule has 0 saturated heterocycles. The minimum absolute atomic E-state index is 0.0426. The number of nitrogens with zero attached hydrogens (tertiary/aromatic N) is 1. The lowest BCUT2D eigenvalue weighted by Crippen LogP contribution is -2.32. The Labute approximate surface area is 115 Å². The number of nitro groups is 1. The first-order valence-electron chi connectivity index (χ1n) is 5.50. The minimum atomic E-state index is -4.25. The van der Waals surface area contributed by atoms with Gasteiger partial charge in [-0.2, -0.15) is 13.1 Å². The summed E-state index contributed by atoms with van der Waals surface area (Å²) >= 11 is 0. The molecule has 1 aromatic carbocycles. The molecule has 0 aromatic heterocycles. The van der Waals surface area contributed by atoms with Gasteiger partial charge in [0.1, 0.15) is 0 Å². The Morgan fingerprint density at radius 1 is 1.40 bits per heavy atom. The van der Waals surface area contributed by atoms with E-state index < -0.39 is 27.6 Å². The topological polar surface area (TPSA) is 142 Å². The molecule has 0 heterocycles. The summed E-state index contributed by atoms with van der Waals surface area (Å²) in [6.45, 7) is -0.0396. The van der Waals surface area contributed by atoms with E-state index in [1.165, 1.54) is 24.3 Å². The largest absolute Gasteiger partial charge is 0.385 e. The van der Waals surface area contributed by atoms with Crippen molar-refractivity contribution in [2.24, 2.45) is 5.73 Å². The van der Waals surface area contributed by atoms with Gasteiger partial charge in [0, 0.05) is 24.7 Å². The molecule has 3 N–H and O–H groups in total. The van der Waals surface area contributed by atoms with Gasteiger partial charge in [-0.25, -0.2) is 0 Å². The van der Waals surface area contributed by atoms with Gasteiger partial charge in [0.25, 0.3) is 5.69 Å². The molecule has 0 spiro atoms. The minimum Gasteiger partial charge on any atom is -0.334 e. The van der Waals surface area contributed by atoms with E-state index in [2.05, 4.69) is 4.18 Å². The zero-order chi connectivity index (χ0) is 15.2. The smallest absolute Gasteiger partial charge is 0.334 e. The fourth-order valence-electron chi connectivity index (χ4n) is 1.36. The zero-order valence-corrected chi connectivity index (χ0v) is 11.1. The second kappa shape index (κ2) is 6.93. The van der Waals surface area contributed by atoms with Crippen LogP contribution in [0.5, 0.6) is 0 Å². The molecular weight excluding hydrogens is 290 g/mol. The first kappa shape index (κ1) is 16.0. The Bertz CT molecular complexity index is 601. The lowest BCUT2D eigenvalue weighted by atomic mass is 10.1. The van der Waals surface area contributed by atoms with Gasteiger partial charge >= 0.3 is 16.3 Å². The number of para-hydroxylation sites is 1. The molecule has 10 heteroatoms. The van der Waals surface area contributed by atoms with Crippen molar-refractivity contribution < 1.29 is 22.3 Å². The number of hydrogen-bond acceptors (Lipinski definition) is 7. The fraction of sp³-hybridized carbons (Fsp3) is 0.300. The molecule has 1 aromatic rings. The highest BCUT2D eigenvalue weighted by Gasteiger charge is 2.20. The molecule has 0 bridgehead atoms. The normalized spacial score (nSPS) is 11.1. The van der Waals surface area contributed by atoms with E-state index in [1.807, 2.05) is 4.72 Å². The maximum atomic E-state index is 11.5. The average molecular weight is 303 g/mol. The summed E-state index contributed by atoms with van der Waals surface area (Å²) in [5.41, 5.74) is 4.89. The number of nitrogens with two attached hydrogens (primary N) is 1. The maximum Gasteiger partial charge on any atom is 0.385 e. The molecule has 0 aliphatic carbocycles.